The summed E-state index contributed by atoms with van der Waals surface area (Å²) in [6.45, 7) is 1.98. The summed E-state index contributed by atoms with van der Waals surface area (Å²) < 4.78 is 4.85. The molecule has 0 heterocycles. The molecule has 0 unspecified atom stereocenters. The minimum atomic E-state index is -0.900. The Kier molecular flexibility index (Phi) is 4.97. The Morgan fingerprint density at radius 2 is 2.12 bits per heavy atom. The molecule has 0 saturated carbocycles. The molecule has 1 aromatic carbocycles. The molecule has 1 rings (SSSR count). The third kappa shape index (κ3) is 3.75. The molecule has 0 atom stereocenters. The number of benzene rings is 1. The van der Waals surface area contributed by atoms with Gasteiger partial charge in [-0.25, -0.2) is 4.79 Å². The molecular formula is C12H13ClO4. The summed E-state index contributed by atoms with van der Waals surface area (Å²) in [7, 11) is 0. The summed E-state index contributed by atoms with van der Waals surface area (Å²) in [6.07, 6.45) is 0.271. The quantitative estimate of drug-likeness (QED) is 0.823. The van der Waals surface area contributed by atoms with Crippen LogP contribution in [0.4, 0.5) is 0 Å². The number of carbonyl (C=O) groups excluding carboxylic acids is 1. The van der Waals surface area contributed by atoms with Crippen LogP contribution in [0.2, 0.25) is 5.02 Å². The highest BCUT2D eigenvalue weighted by molar-refractivity contribution is 6.34. The van der Waals surface area contributed by atoms with Crippen LogP contribution in [0.3, 0.4) is 0 Å². The van der Waals surface area contributed by atoms with Crippen molar-refractivity contribution >= 4 is 23.5 Å². The molecule has 0 fully saturated rings. The van der Waals surface area contributed by atoms with E-state index in [0.29, 0.717) is 12.0 Å². The van der Waals surface area contributed by atoms with Gasteiger partial charge in [0.25, 0.3) is 0 Å². The number of esters is 1. The van der Waals surface area contributed by atoms with Crippen LogP contribution in [-0.2, 0) is 16.0 Å². The van der Waals surface area contributed by atoms with E-state index in [-0.39, 0.29) is 23.6 Å². The Morgan fingerprint density at radius 1 is 1.41 bits per heavy atom. The lowest BCUT2D eigenvalue weighted by atomic mass is 10.1. The van der Waals surface area contributed by atoms with Crippen molar-refractivity contribution in [1.82, 2.24) is 0 Å². The maximum Gasteiger partial charge on any atom is 0.339 e. The maximum absolute atomic E-state index is 11.5. The molecule has 0 aromatic heterocycles. The molecule has 0 saturated heterocycles. The minimum absolute atomic E-state index is 0.0218. The monoisotopic (exact) mass is 256 g/mol. The van der Waals surface area contributed by atoms with Gasteiger partial charge in [0.15, 0.2) is 0 Å². The van der Waals surface area contributed by atoms with Gasteiger partial charge in [-0.1, -0.05) is 23.7 Å². The first-order chi connectivity index (χ1) is 8.06. The predicted octanol–water partition coefficient (Wildman–Crippen LogP) is 2.53. The van der Waals surface area contributed by atoms with Crippen molar-refractivity contribution in [2.75, 3.05) is 6.61 Å². The van der Waals surface area contributed by atoms with Crippen molar-refractivity contribution in [2.24, 2.45) is 0 Å². The van der Waals surface area contributed by atoms with Crippen molar-refractivity contribution in [3.8, 4) is 0 Å². The van der Waals surface area contributed by atoms with Gasteiger partial charge in [0.1, 0.15) is 0 Å². The van der Waals surface area contributed by atoms with Gasteiger partial charge in [0.05, 0.1) is 17.2 Å². The van der Waals surface area contributed by atoms with E-state index in [0.717, 1.165) is 0 Å². The predicted molar refractivity (Wildman–Crippen MR) is 63.4 cm³/mol. The summed E-state index contributed by atoms with van der Waals surface area (Å²) >= 11 is 6.03. The average Bonchev–Trinajstić information content (AvgIpc) is 2.27. The van der Waals surface area contributed by atoms with Crippen LogP contribution in [0, 0.1) is 0 Å². The molecule has 17 heavy (non-hydrogen) atoms. The number of ether oxygens (including phenoxy) is 1. The highest BCUT2D eigenvalue weighted by Gasteiger charge is 2.14. The highest BCUT2D eigenvalue weighted by Crippen LogP contribution is 2.23. The molecule has 0 spiro atoms. The van der Waals surface area contributed by atoms with E-state index >= 15 is 0 Å². The Labute approximate surface area is 104 Å². The van der Waals surface area contributed by atoms with Gasteiger partial charge >= 0.3 is 11.9 Å². The number of carboxylic acid groups (broad SMARTS) is 1. The third-order valence-electron chi connectivity index (χ3n) is 2.18. The van der Waals surface area contributed by atoms with Crippen LogP contribution < -0.4 is 0 Å². The standard InChI is InChI=1S/C12H13ClO4/c1-2-17-12(16)9-5-3-4-8(11(9)13)6-7-10(14)15/h3-5H,2,6-7H2,1H3,(H,14,15). The fourth-order valence-electron chi connectivity index (χ4n) is 1.38. The first-order valence-electron chi connectivity index (χ1n) is 5.22. The summed E-state index contributed by atoms with van der Waals surface area (Å²) in [5.41, 5.74) is 0.913. The van der Waals surface area contributed by atoms with Crippen molar-refractivity contribution in [3.05, 3.63) is 34.3 Å². The highest BCUT2D eigenvalue weighted by atomic mass is 35.5. The van der Waals surface area contributed by atoms with Gasteiger partial charge in [0.2, 0.25) is 0 Å². The third-order valence-corrected chi connectivity index (χ3v) is 2.63. The minimum Gasteiger partial charge on any atom is -0.481 e. The van der Waals surface area contributed by atoms with Crippen molar-refractivity contribution < 1.29 is 19.4 Å². The Morgan fingerprint density at radius 3 is 2.71 bits per heavy atom. The molecule has 5 heteroatoms. The molecule has 1 N–H and O–H groups in total. The van der Waals surface area contributed by atoms with Crippen LogP contribution >= 0.6 is 11.6 Å². The molecule has 0 aliphatic carbocycles. The first-order valence-corrected chi connectivity index (χ1v) is 5.60. The van der Waals surface area contributed by atoms with Gasteiger partial charge < -0.3 is 9.84 Å². The van der Waals surface area contributed by atoms with Gasteiger partial charge in [-0.3, -0.25) is 4.79 Å². The van der Waals surface area contributed by atoms with Gasteiger partial charge in [-0.05, 0) is 25.0 Å². The lowest BCUT2D eigenvalue weighted by molar-refractivity contribution is -0.136. The Balaban J connectivity index is 2.90. The smallest absolute Gasteiger partial charge is 0.339 e. The fraction of sp³-hybridized carbons (Fsp3) is 0.333. The zero-order valence-electron chi connectivity index (χ0n) is 9.40. The van der Waals surface area contributed by atoms with Gasteiger partial charge in [0, 0.05) is 6.42 Å². The summed E-state index contributed by atoms with van der Waals surface area (Å²) in [6, 6.07) is 4.92. The summed E-state index contributed by atoms with van der Waals surface area (Å²) in [4.78, 5) is 22.0. The largest absolute Gasteiger partial charge is 0.481 e. The summed E-state index contributed by atoms with van der Waals surface area (Å²) in [5, 5.41) is 8.86. The van der Waals surface area contributed by atoms with Crippen molar-refractivity contribution in [2.45, 2.75) is 19.8 Å². The molecule has 1 aromatic rings. The Hall–Kier alpha value is -1.55. The number of hydrogen-bond donors (Lipinski definition) is 1. The van der Waals surface area contributed by atoms with E-state index in [1.807, 2.05) is 0 Å². The number of aliphatic carboxylic acids is 1. The second-order valence-electron chi connectivity index (χ2n) is 3.39. The van der Waals surface area contributed by atoms with E-state index in [1.54, 1.807) is 25.1 Å². The first kappa shape index (κ1) is 13.5. The van der Waals surface area contributed by atoms with E-state index in [9.17, 15) is 9.59 Å². The van der Waals surface area contributed by atoms with Crippen LogP contribution in [0.15, 0.2) is 18.2 Å². The number of carboxylic acids is 1. The van der Waals surface area contributed by atoms with Gasteiger partial charge in [-0.15, -0.1) is 0 Å². The van der Waals surface area contributed by atoms with Crippen LogP contribution in [0.5, 0.6) is 0 Å². The molecule has 0 amide bonds. The molecule has 0 bridgehead atoms. The summed E-state index contributed by atoms with van der Waals surface area (Å²) in [5.74, 6) is -1.39. The lowest BCUT2D eigenvalue weighted by Crippen LogP contribution is -2.07. The second-order valence-corrected chi connectivity index (χ2v) is 3.77. The SMILES string of the molecule is CCOC(=O)c1cccc(CCC(=O)O)c1Cl. The topological polar surface area (TPSA) is 63.6 Å². The molecule has 4 nitrogen and oxygen atoms in total. The van der Waals surface area contributed by atoms with E-state index < -0.39 is 11.9 Å². The van der Waals surface area contributed by atoms with E-state index in [4.69, 9.17) is 21.4 Å². The number of carbonyl (C=O) groups is 2. The van der Waals surface area contributed by atoms with Crippen LogP contribution in [0.1, 0.15) is 29.3 Å². The average molecular weight is 257 g/mol. The number of aryl methyl sites for hydroxylation is 1. The van der Waals surface area contributed by atoms with Crippen LogP contribution in [0.25, 0.3) is 0 Å². The second kappa shape index (κ2) is 6.25. The molecule has 0 aliphatic heterocycles. The number of rotatable bonds is 5. The maximum atomic E-state index is 11.5. The fourth-order valence-corrected chi connectivity index (χ4v) is 1.68. The van der Waals surface area contributed by atoms with Gasteiger partial charge in [-0.2, -0.15) is 0 Å². The molecule has 0 aliphatic rings. The van der Waals surface area contributed by atoms with E-state index in [1.165, 1.54) is 0 Å². The zero-order valence-corrected chi connectivity index (χ0v) is 10.2. The zero-order chi connectivity index (χ0) is 12.8. The van der Waals surface area contributed by atoms with Crippen molar-refractivity contribution in [1.29, 1.82) is 0 Å². The lowest BCUT2D eigenvalue weighted by Gasteiger charge is -2.08. The number of halogens is 1. The Bertz CT molecular complexity index is 429. The van der Waals surface area contributed by atoms with Crippen LogP contribution in [-0.4, -0.2) is 23.7 Å². The normalized spacial score (nSPS) is 10.0. The molecule has 92 valence electrons. The molecule has 0 radical (unpaired) electrons. The number of hydrogen-bond acceptors (Lipinski definition) is 3. The van der Waals surface area contributed by atoms with Crippen molar-refractivity contribution in [3.63, 3.8) is 0 Å². The molecular weight excluding hydrogens is 244 g/mol. The van der Waals surface area contributed by atoms with E-state index in [2.05, 4.69) is 0 Å².